The number of nitrogens with zero attached hydrogens (tertiary/aromatic N) is 2. The molecule has 1 unspecified atom stereocenters. The van der Waals surface area contributed by atoms with E-state index in [9.17, 15) is 9.90 Å². The minimum Gasteiger partial charge on any atom is -0.480 e. The van der Waals surface area contributed by atoms with Gasteiger partial charge in [0, 0.05) is 26.6 Å². The summed E-state index contributed by atoms with van der Waals surface area (Å²) in [6.45, 7) is 1.32. The van der Waals surface area contributed by atoms with Gasteiger partial charge in [-0.25, -0.2) is 0 Å². The number of benzene rings is 1. The van der Waals surface area contributed by atoms with Crippen LogP contribution in [0.5, 0.6) is 0 Å². The quantitative estimate of drug-likeness (QED) is 0.771. The van der Waals surface area contributed by atoms with Crippen LogP contribution in [0.2, 0.25) is 0 Å². The Morgan fingerprint density at radius 3 is 2.63 bits per heavy atom. The number of methoxy groups -OCH3 is 1. The van der Waals surface area contributed by atoms with E-state index in [2.05, 4.69) is 0 Å². The number of hydrogen-bond donors (Lipinski definition) is 1. The van der Waals surface area contributed by atoms with Crippen LogP contribution in [0.4, 0.5) is 0 Å². The molecule has 0 spiro atoms. The summed E-state index contributed by atoms with van der Waals surface area (Å²) in [5.41, 5.74) is 0.712. The third kappa shape index (κ3) is 4.70. The summed E-state index contributed by atoms with van der Waals surface area (Å²) in [7, 11) is 1.57. The zero-order valence-corrected chi connectivity index (χ0v) is 11.0. The average Bonchev–Trinajstić information content (AvgIpc) is 2.42. The van der Waals surface area contributed by atoms with Crippen LogP contribution in [-0.2, 0) is 9.53 Å². The number of carbonyl (C=O) groups is 1. The first-order valence-corrected chi connectivity index (χ1v) is 6.08. The lowest BCUT2D eigenvalue weighted by molar-refractivity contribution is -0.143. The number of nitriles is 1. The highest BCUT2D eigenvalue weighted by molar-refractivity contribution is 5.75. The van der Waals surface area contributed by atoms with Gasteiger partial charge in [0.15, 0.2) is 0 Å². The van der Waals surface area contributed by atoms with Crippen molar-refractivity contribution in [3.8, 4) is 6.07 Å². The first kappa shape index (κ1) is 15.2. The molecule has 5 heteroatoms. The Hall–Kier alpha value is -1.90. The fourth-order valence-electron chi connectivity index (χ4n) is 1.92. The molecule has 102 valence electrons. The predicted octanol–water partition coefficient (Wildman–Crippen LogP) is 1.67. The van der Waals surface area contributed by atoms with Gasteiger partial charge in [0.05, 0.1) is 12.7 Å². The Bertz CT molecular complexity index is 428. The molecular formula is C14H18N2O3. The van der Waals surface area contributed by atoms with Crippen LogP contribution in [-0.4, -0.2) is 42.8 Å². The smallest absolute Gasteiger partial charge is 0.325 e. The second-order valence-electron chi connectivity index (χ2n) is 4.09. The normalized spacial score (nSPS) is 12.1. The number of carboxylic acid groups (broad SMARTS) is 1. The molecule has 0 saturated heterocycles. The average molecular weight is 262 g/mol. The number of ether oxygens (including phenoxy) is 1. The molecule has 1 atom stereocenters. The van der Waals surface area contributed by atoms with Crippen LogP contribution in [0.15, 0.2) is 30.3 Å². The van der Waals surface area contributed by atoms with E-state index in [1.807, 2.05) is 24.3 Å². The summed E-state index contributed by atoms with van der Waals surface area (Å²) in [6, 6.07) is 10.3. The first-order chi connectivity index (χ1) is 9.20. The van der Waals surface area contributed by atoms with Gasteiger partial charge in [-0.2, -0.15) is 5.26 Å². The van der Waals surface area contributed by atoms with Gasteiger partial charge in [0.1, 0.15) is 6.04 Å². The molecule has 1 N–H and O–H groups in total. The molecule has 19 heavy (non-hydrogen) atoms. The summed E-state index contributed by atoms with van der Waals surface area (Å²) >= 11 is 0. The maximum Gasteiger partial charge on any atom is 0.325 e. The Morgan fingerprint density at radius 2 is 2.11 bits per heavy atom. The lowest BCUT2D eigenvalue weighted by atomic mass is 10.1. The van der Waals surface area contributed by atoms with Gasteiger partial charge in [-0.1, -0.05) is 30.3 Å². The van der Waals surface area contributed by atoms with Gasteiger partial charge in [-0.05, 0) is 5.56 Å². The van der Waals surface area contributed by atoms with E-state index >= 15 is 0 Å². The van der Waals surface area contributed by atoms with Crippen molar-refractivity contribution >= 4 is 5.97 Å². The lowest BCUT2D eigenvalue weighted by Gasteiger charge is -2.28. The molecule has 0 heterocycles. The first-order valence-electron chi connectivity index (χ1n) is 6.08. The highest BCUT2D eigenvalue weighted by Crippen LogP contribution is 2.21. The molecule has 1 aromatic carbocycles. The van der Waals surface area contributed by atoms with E-state index in [1.165, 1.54) is 0 Å². The molecule has 5 nitrogen and oxygen atoms in total. The molecule has 0 amide bonds. The molecule has 0 aliphatic rings. The molecule has 0 saturated carbocycles. The lowest BCUT2D eigenvalue weighted by Crippen LogP contribution is -2.37. The van der Waals surface area contributed by atoms with E-state index < -0.39 is 12.0 Å². The minimum absolute atomic E-state index is 0.292. The molecule has 0 radical (unpaired) electrons. The third-order valence-corrected chi connectivity index (χ3v) is 2.81. The molecule has 0 aliphatic heterocycles. The van der Waals surface area contributed by atoms with E-state index in [0.717, 1.165) is 0 Å². The molecule has 1 aromatic rings. The number of carboxylic acids is 1. The van der Waals surface area contributed by atoms with Crippen molar-refractivity contribution in [2.24, 2.45) is 0 Å². The van der Waals surface area contributed by atoms with Gasteiger partial charge in [-0.3, -0.25) is 9.69 Å². The summed E-state index contributed by atoms with van der Waals surface area (Å²) in [5, 5.41) is 18.1. The Morgan fingerprint density at radius 1 is 1.42 bits per heavy atom. The van der Waals surface area contributed by atoms with Crippen molar-refractivity contribution in [1.29, 1.82) is 5.26 Å². The van der Waals surface area contributed by atoms with Gasteiger partial charge >= 0.3 is 5.97 Å². The largest absolute Gasteiger partial charge is 0.480 e. The summed E-state index contributed by atoms with van der Waals surface area (Å²) < 4.78 is 5.00. The maximum absolute atomic E-state index is 11.5. The molecule has 0 aromatic heterocycles. The predicted molar refractivity (Wildman–Crippen MR) is 70.5 cm³/mol. The maximum atomic E-state index is 11.5. The van der Waals surface area contributed by atoms with E-state index in [1.54, 1.807) is 24.1 Å². The number of rotatable bonds is 8. The van der Waals surface area contributed by atoms with Crippen molar-refractivity contribution < 1.29 is 14.6 Å². The van der Waals surface area contributed by atoms with Crippen LogP contribution in [0, 0.1) is 11.3 Å². The summed E-state index contributed by atoms with van der Waals surface area (Å²) in [5.74, 6) is -0.916. The SMILES string of the molecule is COCCN(CCC#N)C(C(=O)O)c1ccccc1. The topological polar surface area (TPSA) is 73.6 Å². The van der Waals surface area contributed by atoms with Crippen molar-refractivity contribution in [2.75, 3.05) is 26.8 Å². The fraction of sp³-hybridized carbons (Fsp3) is 0.429. The van der Waals surface area contributed by atoms with Crippen LogP contribution >= 0.6 is 0 Å². The van der Waals surface area contributed by atoms with Gasteiger partial charge < -0.3 is 9.84 Å². The van der Waals surface area contributed by atoms with Crippen molar-refractivity contribution in [3.05, 3.63) is 35.9 Å². The minimum atomic E-state index is -0.916. The number of hydrogen-bond acceptors (Lipinski definition) is 4. The highest BCUT2D eigenvalue weighted by Gasteiger charge is 2.26. The van der Waals surface area contributed by atoms with Crippen LogP contribution in [0.3, 0.4) is 0 Å². The van der Waals surface area contributed by atoms with Gasteiger partial charge in [0.25, 0.3) is 0 Å². The number of aliphatic carboxylic acids is 1. The second-order valence-corrected chi connectivity index (χ2v) is 4.09. The molecule has 0 fully saturated rings. The summed E-state index contributed by atoms with van der Waals surface area (Å²) in [4.78, 5) is 13.3. The highest BCUT2D eigenvalue weighted by atomic mass is 16.5. The summed E-state index contributed by atoms with van der Waals surface area (Å²) in [6.07, 6.45) is 0.292. The van der Waals surface area contributed by atoms with Crippen molar-refractivity contribution in [3.63, 3.8) is 0 Å². The Kier molecular flexibility index (Phi) is 6.58. The zero-order chi connectivity index (χ0) is 14.1. The van der Waals surface area contributed by atoms with Crippen molar-refractivity contribution in [2.45, 2.75) is 12.5 Å². The van der Waals surface area contributed by atoms with Crippen molar-refractivity contribution in [1.82, 2.24) is 4.90 Å². The second kappa shape index (κ2) is 8.25. The van der Waals surface area contributed by atoms with Crippen LogP contribution in [0.1, 0.15) is 18.0 Å². The molecule has 0 aliphatic carbocycles. The van der Waals surface area contributed by atoms with E-state index in [4.69, 9.17) is 10.00 Å². The molecule has 0 bridgehead atoms. The standard InChI is InChI=1S/C14H18N2O3/c1-19-11-10-16(9-5-8-15)13(14(17)18)12-6-3-2-4-7-12/h2-4,6-7,13H,5,9-11H2,1H3,(H,17,18). The zero-order valence-electron chi connectivity index (χ0n) is 11.0. The van der Waals surface area contributed by atoms with Crippen LogP contribution in [0.25, 0.3) is 0 Å². The monoisotopic (exact) mass is 262 g/mol. The molecular weight excluding hydrogens is 244 g/mol. The molecule has 1 rings (SSSR count). The Labute approximate surface area is 113 Å². The Balaban J connectivity index is 2.91. The van der Waals surface area contributed by atoms with E-state index in [0.29, 0.717) is 31.7 Å². The van der Waals surface area contributed by atoms with Crippen LogP contribution < -0.4 is 0 Å². The fourth-order valence-corrected chi connectivity index (χ4v) is 1.92. The van der Waals surface area contributed by atoms with Gasteiger partial charge in [0.2, 0.25) is 0 Å². The van der Waals surface area contributed by atoms with E-state index in [-0.39, 0.29) is 0 Å². The van der Waals surface area contributed by atoms with Gasteiger partial charge in [-0.15, -0.1) is 0 Å². The third-order valence-electron chi connectivity index (χ3n) is 2.81.